The Balaban J connectivity index is 3.03. The lowest BCUT2D eigenvalue weighted by Gasteiger charge is -2.09. The van der Waals surface area contributed by atoms with Crippen molar-refractivity contribution < 1.29 is 8.78 Å². The van der Waals surface area contributed by atoms with Gasteiger partial charge in [0.25, 0.3) is 6.43 Å². The summed E-state index contributed by atoms with van der Waals surface area (Å²) < 4.78 is 25.2. The van der Waals surface area contributed by atoms with Gasteiger partial charge in [0.05, 0.1) is 6.07 Å². The standard InChI is InChI=1S/C10H9F2NS/c11-10(12)9-7(4-2-6-13)3-1-5-8(9)14/h1,3,5,10,14H,2,4H2. The van der Waals surface area contributed by atoms with Gasteiger partial charge in [0.2, 0.25) is 0 Å². The predicted octanol–water partition coefficient (Wildman–Crippen LogP) is 3.37. The van der Waals surface area contributed by atoms with E-state index in [-0.39, 0.29) is 16.9 Å². The Morgan fingerprint density at radius 1 is 1.43 bits per heavy atom. The fourth-order valence-electron chi connectivity index (χ4n) is 1.26. The van der Waals surface area contributed by atoms with Crippen LogP contribution in [0.2, 0.25) is 0 Å². The molecular formula is C10H9F2NS. The van der Waals surface area contributed by atoms with Crippen LogP contribution >= 0.6 is 12.6 Å². The number of thiol groups is 1. The monoisotopic (exact) mass is 213 g/mol. The number of benzene rings is 1. The third kappa shape index (κ3) is 2.46. The van der Waals surface area contributed by atoms with Crippen LogP contribution in [-0.2, 0) is 6.42 Å². The highest BCUT2D eigenvalue weighted by Gasteiger charge is 2.15. The summed E-state index contributed by atoms with van der Waals surface area (Å²) in [5, 5.41) is 8.37. The van der Waals surface area contributed by atoms with Gasteiger partial charge in [0.15, 0.2) is 0 Å². The molecule has 1 nitrogen and oxygen atoms in total. The molecule has 0 unspecified atom stereocenters. The lowest BCUT2D eigenvalue weighted by Crippen LogP contribution is -1.96. The molecule has 0 saturated carbocycles. The minimum atomic E-state index is -2.53. The largest absolute Gasteiger partial charge is 0.265 e. The zero-order valence-electron chi connectivity index (χ0n) is 7.37. The highest BCUT2D eigenvalue weighted by atomic mass is 32.1. The smallest absolute Gasteiger partial charge is 0.205 e. The zero-order valence-corrected chi connectivity index (χ0v) is 8.27. The van der Waals surface area contributed by atoms with E-state index < -0.39 is 6.43 Å². The molecule has 0 amide bonds. The molecule has 0 radical (unpaired) electrons. The second kappa shape index (κ2) is 4.97. The molecular weight excluding hydrogens is 204 g/mol. The maximum absolute atomic E-state index is 12.6. The third-order valence-corrected chi connectivity index (χ3v) is 2.29. The van der Waals surface area contributed by atoms with E-state index >= 15 is 0 Å². The average Bonchev–Trinajstić information content (AvgIpc) is 2.14. The average molecular weight is 213 g/mol. The molecule has 74 valence electrons. The minimum absolute atomic E-state index is 0.0499. The Kier molecular flexibility index (Phi) is 3.90. The van der Waals surface area contributed by atoms with Crippen molar-refractivity contribution >= 4 is 12.6 Å². The highest BCUT2D eigenvalue weighted by Crippen LogP contribution is 2.29. The van der Waals surface area contributed by atoms with E-state index in [4.69, 9.17) is 5.26 Å². The van der Waals surface area contributed by atoms with Crippen LogP contribution in [0.4, 0.5) is 8.78 Å². The number of hydrogen-bond donors (Lipinski definition) is 1. The maximum atomic E-state index is 12.6. The minimum Gasteiger partial charge on any atom is -0.205 e. The van der Waals surface area contributed by atoms with Crippen LogP contribution in [0.3, 0.4) is 0 Å². The second-order valence-electron chi connectivity index (χ2n) is 2.81. The fourth-order valence-corrected chi connectivity index (χ4v) is 1.59. The topological polar surface area (TPSA) is 23.8 Å². The van der Waals surface area contributed by atoms with Gasteiger partial charge in [0.1, 0.15) is 0 Å². The van der Waals surface area contributed by atoms with Crippen LogP contribution in [0.25, 0.3) is 0 Å². The first kappa shape index (κ1) is 11.0. The summed E-state index contributed by atoms with van der Waals surface area (Å²) in [6.07, 6.45) is -1.93. The third-order valence-electron chi connectivity index (χ3n) is 1.90. The van der Waals surface area contributed by atoms with Crippen LogP contribution in [0.5, 0.6) is 0 Å². The first-order chi connectivity index (χ1) is 6.66. The molecule has 0 bridgehead atoms. The van der Waals surface area contributed by atoms with Crippen LogP contribution in [0.15, 0.2) is 23.1 Å². The molecule has 0 saturated heterocycles. The van der Waals surface area contributed by atoms with E-state index in [2.05, 4.69) is 12.6 Å². The Morgan fingerprint density at radius 2 is 2.14 bits per heavy atom. The molecule has 0 aliphatic carbocycles. The normalized spacial score (nSPS) is 10.2. The van der Waals surface area contributed by atoms with Gasteiger partial charge in [0, 0.05) is 16.9 Å². The van der Waals surface area contributed by atoms with Gasteiger partial charge in [-0.1, -0.05) is 12.1 Å². The summed E-state index contributed by atoms with van der Waals surface area (Å²) in [4.78, 5) is 0.287. The van der Waals surface area contributed by atoms with E-state index in [1.165, 1.54) is 6.07 Å². The lowest BCUT2D eigenvalue weighted by atomic mass is 10.0. The Bertz CT molecular complexity index is 358. The SMILES string of the molecule is N#CCCc1cccc(S)c1C(F)F. The van der Waals surface area contributed by atoms with Gasteiger partial charge < -0.3 is 0 Å². The Morgan fingerprint density at radius 3 is 2.71 bits per heavy atom. The number of alkyl halides is 2. The number of hydrogen-bond acceptors (Lipinski definition) is 2. The number of nitrogens with zero attached hydrogens (tertiary/aromatic N) is 1. The van der Waals surface area contributed by atoms with Crippen LogP contribution in [-0.4, -0.2) is 0 Å². The number of nitriles is 1. The first-order valence-corrected chi connectivity index (χ1v) is 4.57. The van der Waals surface area contributed by atoms with Gasteiger partial charge in [-0.2, -0.15) is 5.26 Å². The molecule has 1 aromatic carbocycles. The van der Waals surface area contributed by atoms with Gasteiger partial charge in [-0.25, -0.2) is 8.78 Å². The number of halogens is 2. The molecule has 0 spiro atoms. The summed E-state index contributed by atoms with van der Waals surface area (Å²) >= 11 is 3.97. The summed E-state index contributed by atoms with van der Waals surface area (Å²) in [5.41, 5.74) is 0.458. The number of aryl methyl sites for hydroxylation is 1. The Labute approximate surface area is 86.8 Å². The van der Waals surface area contributed by atoms with Crippen molar-refractivity contribution in [3.63, 3.8) is 0 Å². The van der Waals surface area contributed by atoms with Gasteiger partial charge in [-0.15, -0.1) is 12.6 Å². The molecule has 0 aromatic heterocycles. The number of rotatable bonds is 3. The van der Waals surface area contributed by atoms with Crippen molar-refractivity contribution in [2.45, 2.75) is 24.2 Å². The highest BCUT2D eigenvalue weighted by molar-refractivity contribution is 7.80. The van der Waals surface area contributed by atoms with Crippen molar-refractivity contribution in [2.75, 3.05) is 0 Å². The van der Waals surface area contributed by atoms with E-state index in [0.29, 0.717) is 12.0 Å². The molecule has 0 atom stereocenters. The van der Waals surface area contributed by atoms with Crippen LogP contribution < -0.4 is 0 Å². The zero-order chi connectivity index (χ0) is 10.6. The van der Waals surface area contributed by atoms with Crippen molar-refractivity contribution in [3.8, 4) is 6.07 Å². The van der Waals surface area contributed by atoms with Crippen molar-refractivity contribution in [2.24, 2.45) is 0 Å². The second-order valence-corrected chi connectivity index (χ2v) is 3.29. The first-order valence-electron chi connectivity index (χ1n) is 4.12. The molecule has 1 rings (SSSR count). The molecule has 1 aromatic rings. The molecule has 0 N–H and O–H groups in total. The molecule has 0 fully saturated rings. The van der Waals surface area contributed by atoms with Crippen molar-refractivity contribution in [1.29, 1.82) is 5.26 Å². The summed E-state index contributed by atoms with van der Waals surface area (Å²) in [6, 6.07) is 6.74. The van der Waals surface area contributed by atoms with Crippen molar-refractivity contribution in [1.82, 2.24) is 0 Å². The molecule has 0 aliphatic heterocycles. The molecule has 4 heteroatoms. The van der Waals surface area contributed by atoms with Crippen LogP contribution in [0.1, 0.15) is 24.0 Å². The van der Waals surface area contributed by atoms with E-state index in [1.54, 1.807) is 12.1 Å². The lowest BCUT2D eigenvalue weighted by molar-refractivity contribution is 0.147. The summed E-state index contributed by atoms with van der Waals surface area (Å²) in [7, 11) is 0. The van der Waals surface area contributed by atoms with Gasteiger partial charge in [-0.05, 0) is 18.1 Å². The quantitative estimate of drug-likeness (QED) is 0.764. The van der Waals surface area contributed by atoms with Crippen LogP contribution in [0, 0.1) is 11.3 Å². The van der Waals surface area contributed by atoms with E-state index in [0.717, 1.165) is 0 Å². The summed E-state index contributed by atoms with van der Waals surface area (Å²) in [5.74, 6) is 0. The van der Waals surface area contributed by atoms with Gasteiger partial charge in [-0.3, -0.25) is 0 Å². The fraction of sp³-hybridized carbons (Fsp3) is 0.300. The van der Waals surface area contributed by atoms with E-state index in [9.17, 15) is 8.78 Å². The predicted molar refractivity (Wildman–Crippen MR) is 52.6 cm³/mol. The van der Waals surface area contributed by atoms with Gasteiger partial charge >= 0.3 is 0 Å². The molecule has 14 heavy (non-hydrogen) atoms. The molecule has 0 aliphatic rings. The summed E-state index contributed by atoms with van der Waals surface area (Å²) in [6.45, 7) is 0. The maximum Gasteiger partial charge on any atom is 0.265 e. The molecule has 0 heterocycles. The van der Waals surface area contributed by atoms with E-state index in [1.807, 2.05) is 6.07 Å². The van der Waals surface area contributed by atoms with Crippen molar-refractivity contribution in [3.05, 3.63) is 29.3 Å². The Hall–Kier alpha value is -1.08.